The van der Waals surface area contributed by atoms with Crippen molar-refractivity contribution < 1.29 is 9.53 Å². The molecule has 2 aliphatic rings. The number of carbonyl (C=O) groups excluding carboxylic acids is 1. The number of benzene rings is 1. The zero-order chi connectivity index (χ0) is 26.5. The Bertz CT molecular complexity index is 1760. The largest absolute Gasteiger partial charge is 0.382 e. The molecule has 2 aliphatic heterocycles. The maximum Gasteiger partial charge on any atom is 0.285 e. The van der Waals surface area contributed by atoms with Crippen molar-refractivity contribution in [3.63, 3.8) is 0 Å². The van der Waals surface area contributed by atoms with E-state index in [1.54, 1.807) is 18.3 Å². The normalized spacial score (nSPS) is 15.2. The number of hydrogen-bond donors (Lipinski definition) is 2. The van der Waals surface area contributed by atoms with E-state index >= 15 is 0 Å². The molecule has 0 saturated carbocycles. The molecule has 0 unspecified atom stereocenters. The van der Waals surface area contributed by atoms with Gasteiger partial charge < -0.3 is 15.8 Å². The molecule has 0 spiro atoms. The summed E-state index contributed by atoms with van der Waals surface area (Å²) in [5.41, 5.74) is 11.0. The van der Waals surface area contributed by atoms with Crippen LogP contribution in [-0.4, -0.2) is 48.1 Å². The molecule has 0 atom stereocenters. The molecule has 4 aromatic heterocycles. The molecule has 39 heavy (non-hydrogen) atoms. The van der Waals surface area contributed by atoms with E-state index in [9.17, 15) is 9.59 Å². The molecule has 11 heteroatoms. The number of aromatic nitrogens is 6. The molecule has 0 bridgehead atoms. The van der Waals surface area contributed by atoms with E-state index in [1.165, 1.54) is 11.0 Å². The minimum atomic E-state index is -0.424. The van der Waals surface area contributed by atoms with Crippen LogP contribution >= 0.6 is 0 Å². The van der Waals surface area contributed by atoms with Crippen LogP contribution in [0.1, 0.15) is 40.5 Å². The Hall–Kier alpha value is -4.77. The molecule has 1 aromatic carbocycles. The molecule has 6 heterocycles. The van der Waals surface area contributed by atoms with Gasteiger partial charge in [0.05, 0.1) is 24.6 Å². The summed E-state index contributed by atoms with van der Waals surface area (Å²) >= 11 is 0. The molecular formula is C28H26N8O3. The quantitative estimate of drug-likeness (QED) is 0.362. The van der Waals surface area contributed by atoms with E-state index in [2.05, 4.69) is 26.4 Å². The summed E-state index contributed by atoms with van der Waals surface area (Å²) in [5.74, 6) is 0.728. The number of nitrogens with two attached hydrogens (primary N) is 1. The SMILES string of the molecule is Nc1ncnn2c(C3COC3)cc(-c3ccc(NC(=O)c4c5n(n(-c6ccccn6)c4=O)CCCC5)cc3)c12. The number of anilines is 2. The number of ether oxygens (including phenoxy) is 1. The number of hydrogen-bond acceptors (Lipinski definition) is 7. The van der Waals surface area contributed by atoms with Gasteiger partial charge in [0, 0.05) is 29.9 Å². The minimum Gasteiger partial charge on any atom is -0.382 e. The highest BCUT2D eigenvalue weighted by atomic mass is 16.5. The van der Waals surface area contributed by atoms with Crippen molar-refractivity contribution in [1.82, 2.24) is 28.9 Å². The summed E-state index contributed by atoms with van der Waals surface area (Å²) in [6.45, 7) is 1.95. The number of carbonyl (C=O) groups is 1. The third-order valence-electron chi connectivity index (χ3n) is 7.50. The van der Waals surface area contributed by atoms with Crippen LogP contribution in [0.15, 0.2) is 65.8 Å². The van der Waals surface area contributed by atoms with E-state index in [1.807, 2.05) is 39.5 Å². The summed E-state index contributed by atoms with van der Waals surface area (Å²) < 4.78 is 10.6. The van der Waals surface area contributed by atoms with Crippen molar-refractivity contribution in [2.45, 2.75) is 31.7 Å². The van der Waals surface area contributed by atoms with Gasteiger partial charge in [0.15, 0.2) is 11.6 Å². The Morgan fingerprint density at radius 3 is 2.67 bits per heavy atom. The van der Waals surface area contributed by atoms with Crippen LogP contribution in [0.4, 0.5) is 11.5 Å². The van der Waals surface area contributed by atoms with Gasteiger partial charge in [-0.05, 0) is 55.2 Å². The zero-order valence-electron chi connectivity index (χ0n) is 21.1. The fourth-order valence-corrected chi connectivity index (χ4v) is 5.50. The zero-order valence-corrected chi connectivity index (χ0v) is 21.1. The predicted molar refractivity (Wildman–Crippen MR) is 145 cm³/mol. The van der Waals surface area contributed by atoms with E-state index < -0.39 is 5.91 Å². The Kier molecular flexibility index (Phi) is 5.51. The van der Waals surface area contributed by atoms with Crippen LogP contribution in [0, 0.1) is 0 Å². The molecule has 0 radical (unpaired) electrons. The maximum atomic E-state index is 13.5. The lowest BCUT2D eigenvalue weighted by atomic mass is 10.0. The van der Waals surface area contributed by atoms with E-state index in [-0.39, 0.29) is 17.0 Å². The molecule has 3 N–H and O–H groups in total. The first-order valence-corrected chi connectivity index (χ1v) is 13.0. The molecule has 0 aliphatic carbocycles. The van der Waals surface area contributed by atoms with Crippen LogP contribution in [0.25, 0.3) is 22.5 Å². The summed E-state index contributed by atoms with van der Waals surface area (Å²) in [6, 6.07) is 15.0. The molecule has 1 fully saturated rings. The standard InChI is InChI=1S/C28H26N8O3/c29-26-25-20(13-22(18-14-39-15-18)35(25)32-16-31-26)17-7-9-19(10-8-17)33-27(37)24-21-5-2-4-12-34(21)36(28(24)38)23-6-1-3-11-30-23/h1,3,6-11,13,16,18H,2,4-5,12,14-15H2,(H,33,37)(H2,29,31,32). The third kappa shape index (κ3) is 3.81. The number of rotatable bonds is 5. The average Bonchev–Trinajstić information content (AvgIpc) is 3.44. The van der Waals surface area contributed by atoms with Gasteiger partial charge in [-0.25, -0.2) is 14.5 Å². The maximum absolute atomic E-state index is 13.5. The predicted octanol–water partition coefficient (Wildman–Crippen LogP) is 3.03. The second kappa shape index (κ2) is 9.21. The lowest BCUT2D eigenvalue weighted by molar-refractivity contribution is 0.00605. The van der Waals surface area contributed by atoms with E-state index in [4.69, 9.17) is 10.5 Å². The lowest BCUT2D eigenvalue weighted by Crippen LogP contribution is -2.26. The Morgan fingerprint density at radius 1 is 1.08 bits per heavy atom. The van der Waals surface area contributed by atoms with Gasteiger partial charge in [0.1, 0.15) is 17.4 Å². The number of fused-ring (bicyclic) bond motifs is 2. The van der Waals surface area contributed by atoms with Crippen molar-refractivity contribution in [1.29, 1.82) is 0 Å². The minimum absolute atomic E-state index is 0.167. The van der Waals surface area contributed by atoms with Gasteiger partial charge in [0.2, 0.25) is 0 Å². The fourth-order valence-electron chi connectivity index (χ4n) is 5.50. The second-order valence-corrected chi connectivity index (χ2v) is 9.86. The number of nitrogen functional groups attached to an aromatic ring is 1. The molecule has 7 rings (SSSR count). The van der Waals surface area contributed by atoms with Crippen LogP contribution in [0.5, 0.6) is 0 Å². The first kappa shape index (κ1) is 23.4. The van der Waals surface area contributed by atoms with Crippen LogP contribution in [0.3, 0.4) is 0 Å². The van der Waals surface area contributed by atoms with Gasteiger partial charge in [0.25, 0.3) is 11.5 Å². The van der Waals surface area contributed by atoms with Gasteiger partial charge in [-0.3, -0.25) is 14.3 Å². The molecular weight excluding hydrogens is 496 g/mol. The number of nitrogens with one attached hydrogen (secondary N) is 1. The van der Waals surface area contributed by atoms with Crippen LogP contribution in [0.2, 0.25) is 0 Å². The highest BCUT2D eigenvalue weighted by Gasteiger charge is 2.29. The highest BCUT2D eigenvalue weighted by Crippen LogP contribution is 2.35. The van der Waals surface area contributed by atoms with Crippen molar-refractivity contribution >= 4 is 22.9 Å². The van der Waals surface area contributed by atoms with Gasteiger partial charge in [-0.15, -0.1) is 0 Å². The Morgan fingerprint density at radius 2 is 1.92 bits per heavy atom. The lowest BCUT2D eigenvalue weighted by Gasteiger charge is -2.25. The monoisotopic (exact) mass is 522 g/mol. The van der Waals surface area contributed by atoms with Gasteiger partial charge >= 0.3 is 0 Å². The highest BCUT2D eigenvalue weighted by molar-refractivity contribution is 6.05. The first-order chi connectivity index (χ1) is 19.1. The van der Waals surface area contributed by atoms with Crippen molar-refractivity contribution in [2.24, 2.45) is 0 Å². The number of pyridine rings is 1. The topological polar surface area (TPSA) is 134 Å². The summed E-state index contributed by atoms with van der Waals surface area (Å²) in [5, 5.41) is 7.35. The Balaban J connectivity index is 1.21. The van der Waals surface area contributed by atoms with Gasteiger partial charge in [-0.2, -0.15) is 9.78 Å². The Labute approximate surface area is 222 Å². The van der Waals surface area contributed by atoms with Crippen molar-refractivity contribution in [2.75, 3.05) is 24.3 Å². The fraction of sp³-hybridized carbons (Fsp3) is 0.250. The number of amides is 1. The second-order valence-electron chi connectivity index (χ2n) is 9.86. The van der Waals surface area contributed by atoms with Crippen molar-refractivity contribution in [3.8, 4) is 16.9 Å². The third-order valence-corrected chi connectivity index (χ3v) is 7.50. The van der Waals surface area contributed by atoms with Crippen molar-refractivity contribution in [3.05, 3.63) is 88.4 Å². The molecule has 11 nitrogen and oxygen atoms in total. The molecule has 196 valence electrons. The molecule has 1 saturated heterocycles. The summed E-state index contributed by atoms with van der Waals surface area (Å²) in [7, 11) is 0. The van der Waals surface area contributed by atoms with E-state index in [0.29, 0.717) is 43.5 Å². The smallest absolute Gasteiger partial charge is 0.285 e. The summed E-state index contributed by atoms with van der Waals surface area (Å²) in [4.78, 5) is 35.4. The van der Waals surface area contributed by atoms with Crippen LogP contribution < -0.4 is 16.6 Å². The molecule has 1 amide bonds. The van der Waals surface area contributed by atoms with Gasteiger partial charge in [-0.1, -0.05) is 18.2 Å². The molecule has 5 aromatic rings. The van der Waals surface area contributed by atoms with E-state index in [0.717, 1.165) is 40.9 Å². The average molecular weight is 523 g/mol. The first-order valence-electron chi connectivity index (χ1n) is 13.0. The summed E-state index contributed by atoms with van der Waals surface area (Å²) in [6.07, 6.45) is 5.62. The van der Waals surface area contributed by atoms with Crippen LogP contribution in [-0.2, 0) is 17.7 Å². The number of nitrogens with zero attached hydrogens (tertiary/aromatic N) is 6.